The van der Waals surface area contributed by atoms with Crippen LogP contribution in [0.4, 0.5) is 10.3 Å². The van der Waals surface area contributed by atoms with Crippen LogP contribution in [0.2, 0.25) is 0 Å². The predicted octanol–water partition coefficient (Wildman–Crippen LogP) is 2.08. The van der Waals surface area contributed by atoms with Crippen molar-refractivity contribution in [3.05, 3.63) is 40.5 Å². The van der Waals surface area contributed by atoms with Crippen molar-refractivity contribution in [3.8, 4) is 0 Å². The summed E-state index contributed by atoms with van der Waals surface area (Å²) in [7, 11) is 0. The molecule has 2 amide bonds. The molecule has 0 aromatic carbocycles. The third-order valence-electron chi connectivity index (χ3n) is 5.95. The Bertz CT molecular complexity index is 1240. The summed E-state index contributed by atoms with van der Waals surface area (Å²) in [5.41, 5.74) is 1.32. The van der Waals surface area contributed by atoms with Crippen LogP contribution in [0.3, 0.4) is 0 Å². The Balaban J connectivity index is 1.31. The highest BCUT2D eigenvalue weighted by Gasteiger charge is 2.36. The maximum atomic E-state index is 13.6. The first-order chi connectivity index (χ1) is 16.4. The zero-order valence-corrected chi connectivity index (χ0v) is 19.6. The Morgan fingerprint density at radius 2 is 2.09 bits per heavy atom. The molecule has 2 aliphatic heterocycles. The lowest BCUT2D eigenvalue weighted by molar-refractivity contribution is -0.126. The molecule has 5 heterocycles. The third-order valence-corrected chi connectivity index (χ3v) is 6.92. The molecule has 3 aromatic heterocycles. The Morgan fingerprint density at radius 1 is 1.26 bits per heavy atom. The summed E-state index contributed by atoms with van der Waals surface area (Å²) in [6.45, 7) is 5.55. The van der Waals surface area contributed by atoms with Crippen LogP contribution in [-0.2, 0) is 9.53 Å². The Morgan fingerprint density at radius 3 is 2.82 bits per heavy atom. The number of carbonyl (C=O) groups is 2. The number of ether oxygens (including phenoxy) is 1. The van der Waals surface area contributed by atoms with Gasteiger partial charge in [0.2, 0.25) is 11.9 Å². The summed E-state index contributed by atoms with van der Waals surface area (Å²) in [4.78, 5) is 44.5. The number of likely N-dealkylation sites (tertiary alicyclic amines) is 1. The minimum absolute atomic E-state index is 0.0237. The molecule has 3 aromatic rings. The van der Waals surface area contributed by atoms with Gasteiger partial charge >= 0.3 is 0 Å². The van der Waals surface area contributed by atoms with Crippen molar-refractivity contribution in [1.29, 1.82) is 0 Å². The molecule has 0 radical (unpaired) electrons. The van der Waals surface area contributed by atoms with Crippen molar-refractivity contribution in [2.75, 3.05) is 31.6 Å². The van der Waals surface area contributed by atoms with Gasteiger partial charge in [-0.3, -0.25) is 14.6 Å². The molecule has 0 spiro atoms. The van der Waals surface area contributed by atoms with E-state index in [-0.39, 0.29) is 41.5 Å². The highest BCUT2D eigenvalue weighted by molar-refractivity contribution is 7.18. The van der Waals surface area contributed by atoms with Gasteiger partial charge in [0.1, 0.15) is 10.5 Å². The Hall–Kier alpha value is -3.25. The van der Waals surface area contributed by atoms with Gasteiger partial charge in [0.15, 0.2) is 11.3 Å². The van der Waals surface area contributed by atoms with Crippen LogP contribution in [-0.4, -0.2) is 69.0 Å². The van der Waals surface area contributed by atoms with Crippen LogP contribution in [0.1, 0.15) is 40.4 Å². The van der Waals surface area contributed by atoms with E-state index in [1.807, 2.05) is 13.8 Å². The van der Waals surface area contributed by atoms with Gasteiger partial charge in [-0.05, 0) is 31.9 Å². The largest absolute Gasteiger partial charge is 0.381 e. The summed E-state index contributed by atoms with van der Waals surface area (Å²) >= 11 is 1.36. The first-order valence-corrected chi connectivity index (χ1v) is 11.9. The molecular weight excluding hydrogens is 461 g/mol. The van der Waals surface area contributed by atoms with E-state index < -0.39 is 5.82 Å². The van der Waals surface area contributed by atoms with E-state index in [9.17, 15) is 14.0 Å². The zero-order valence-electron chi connectivity index (χ0n) is 18.7. The van der Waals surface area contributed by atoms with Crippen molar-refractivity contribution in [2.45, 2.75) is 32.4 Å². The van der Waals surface area contributed by atoms with E-state index in [2.05, 4.69) is 30.6 Å². The van der Waals surface area contributed by atoms with E-state index >= 15 is 0 Å². The monoisotopic (exact) mass is 485 g/mol. The number of hydrogen-bond donors (Lipinski definition) is 2. The molecule has 0 saturated carbocycles. The van der Waals surface area contributed by atoms with Gasteiger partial charge in [-0.1, -0.05) is 0 Å². The van der Waals surface area contributed by atoms with E-state index in [4.69, 9.17) is 4.74 Å². The molecule has 2 saturated heterocycles. The fourth-order valence-corrected chi connectivity index (χ4v) is 4.87. The Kier molecular flexibility index (Phi) is 6.09. The fraction of sp³-hybridized carbons (Fsp3) is 0.455. The summed E-state index contributed by atoms with van der Waals surface area (Å²) in [5, 5.41) is 6.88. The van der Waals surface area contributed by atoms with Crippen LogP contribution >= 0.6 is 11.3 Å². The average Bonchev–Trinajstić information content (AvgIpc) is 3.44. The van der Waals surface area contributed by atoms with Crippen LogP contribution in [0, 0.1) is 18.7 Å². The molecule has 34 heavy (non-hydrogen) atoms. The molecule has 12 heteroatoms. The number of nitrogens with zero attached hydrogens (tertiary/aromatic N) is 5. The first kappa shape index (κ1) is 22.5. The fourth-order valence-electron chi connectivity index (χ4n) is 4.03. The molecule has 10 nitrogen and oxygen atoms in total. The number of thiazole rings is 1. The number of carbonyl (C=O) groups excluding carboxylic acids is 2. The van der Waals surface area contributed by atoms with Crippen LogP contribution in [0.25, 0.3) is 10.3 Å². The smallest absolute Gasteiger partial charge is 0.274 e. The van der Waals surface area contributed by atoms with Crippen molar-refractivity contribution in [1.82, 2.24) is 30.2 Å². The minimum atomic E-state index is -0.437. The van der Waals surface area contributed by atoms with Gasteiger partial charge in [-0.2, -0.15) is 4.98 Å². The third kappa shape index (κ3) is 4.55. The number of halogens is 1. The van der Waals surface area contributed by atoms with Gasteiger partial charge in [0, 0.05) is 25.9 Å². The molecule has 2 unspecified atom stereocenters. The molecular formula is C22H24FN7O3S. The van der Waals surface area contributed by atoms with E-state index in [0.717, 1.165) is 17.6 Å². The molecule has 5 rings (SSSR count). The molecule has 178 valence electrons. The number of rotatable bonds is 6. The molecule has 2 fully saturated rings. The highest BCUT2D eigenvalue weighted by atomic mass is 32.1. The lowest BCUT2D eigenvalue weighted by atomic mass is 10.0. The summed E-state index contributed by atoms with van der Waals surface area (Å²) in [6, 6.07) is 0.955. The number of pyridine rings is 1. The maximum Gasteiger partial charge on any atom is 0.274 e. The highest BCUT2D eigenvalue weighted by Crippen LogP contribution is 2.28. The second-order valence-electron chi connectivity index (χ2n) is 8.56. The number of aromatic nitrogens is 4. The molecule has 2 atom stereocenters. The second-order valence-corrected chi connectivity index (χ2v) is 9.76. The predicted molar refractivity (Wildman–Crippen MR) is 123 cm³/mol. The van der Waals surface area contributed by atoms with Gasteiger partial charge < -0.3 is 20.3 Å². The zero-order chi connectivity index (χ0) is 23.8. The summed E-state index contributed by atoms with van der Waals surface area (Å²) < 4.78 is 19.5. The standard InChI is InChI=1S/C22H24FN7O3S/c1-11(14-5-15(23)7-24-6-14)25-22-28-17(18-19(29-22)26-12(2)34-18)21(32)30-8-16(9-30)27-20(31)13-3-4-33-10-13/h5-7,11,13,16H,3-4,8-10H2,1-2H3,(H,27,31)(H,25,28,29). The van der Waals surface area contributed by atoms with Crippen molar-refractivity contribution in [2.24, 2.45) is 5.92 Å². The van der Waals surface area contributed by atoms with Crippen molar-refractivity contribution in [3.63, 3.8) is 0 Å². The van der Waals surface area contributed by atoms with E-state index in [1.54, 1.807) is 11.1 Å². The molecule has 2 N–H and O–H groups in total. The molecule has 0 bridgehead atoms. The van der Waals surface area contributed by atoms with Gasteiger partial charge in [-0.15, -0.1) is 11.3 Å². The normalized spacial score (nSPS) is 19.1. The van der Waals surface area contributed by atoms with Crippen molar-refractivity contribution >= 4 is 39.4 Å². The summed E-state index contributed by atoms with van der Waals surface area (Å²) in [6.07, 6.45) is 3.42. The van der Waals surface area contributed by atoms with Gasteiger partial charge in [0.05, 0.1) is 35.8 Å². The number of hydrogen-bond acceptors (Lipinski definition) is 9. The molecule has 2 aliphatic rings. The Labute approximate surface area is 199 Å². The van der Waals surface area contributed by atoms with E-state index in [1.165, 1.54) is 17.4 Å². The lowest BCUT2D eigenvalue weighted by Gasteiger charge is -2.39. The van der Waals surface area contributed by atoms with E-state index in [0.29, 0.717) is 42.2 Å². The number of fused-ring (bicyclic) bond motifs is 1. The van der Waals surface area contributed by atoms with Crippen LogP contribution in [0.5, 0.6) is 0 Å². The molecule has 0 aliphatic carbocycles. The first-order valence-electron chi connectivity index (χ1n) is 11.1. The van der Waals surface area contributed by atoms with Crippen LogP contribution in [0.15, 0.2) is 18.5 Å². The van der Waals surface area contributed by atoms with Gasteiger partial charge in [0.25, 0.3) is 5.91 Å². The van der Waals surface area contributed by atoms with Crippen molar-refractivity contribution < 1.29 is 18.7 Å². The van der Waals surface area contributed by atoms with Crippen LogP contribution < -0.4 is 10.6 Å². The number of nitrogens with one attached hydrogen (secondary N) is 2. The maximum absolute atomic E-state index is 13.6. The second kappa shape index (κ2) is 9.18. The number of anilines is 1. The number of aryl methyl sites for hydroxylation is 1. The quantitative estimate of drug-likeness (QED) is 0.544. The topological polar surface area (TPSA) is 122 Å². The lowest BCUT2D eigenvalue weighted by Crippen LogP contribution is -2.61. The minimum Gasteiger partial charge on any atom is -0.381 e. The summed E-state index contributed by atoms with van der Waals surface area (Å²) in [5.74, 6) is -0.591. The SMILES string of the molecule is Cc1nc2nc(NC(C)c3cncc(F)c3)nc(C(=O)N3CC(NC(=O)C4CCOC4)C3)c2s1. The average molecular weight is 486 g/mol. The number of amides is 2. The van der Waals surface area contributed by atoms with Gasteiger partial charge in [-0.25, -0.2) is 14.4 Å².